The molecule has 3 heteroatoms. The molecule has 2 unspecified atom stereocenters. The summed E-state index contributed by atoms with van der Waals surface area (Å²) < 4.78 is 16.3. The van der Waals surface area contributed by atoms with E-state index in [1.54, 1.807) is 0 Å². The molecule has 2 aliphatic heterocycles. The molecule has 0 radical (unpaired) electrons. The number of ether oxygens (including phenoxy) is 3. The van der Waals surface area contributed by atoms with E-state index in [9.17, 15) is 0 Å². The largest absolute Gasteiger partial charge is 0.339 e. The highest BCUT2D eigenvalue weighted by atomic mass is 16.9. The van der Waals surface area contributed by atoms with Crippen LogP contribution in [0.3, 0.4) is 0 Å². The first-order valence-corrected chi connectivity index (χ1v) is 3.72. The van der Waals surface area contributed by atoms with E-state index in [0.29, 0.717) is 13.2 Å². The summed E-state index contributed by atoms with van der Waals surface area (Å²) in [6.07, 6.45) is 7.62. The molecule has 0 aromatic rings. The van der Waals surface area contributed by atoms with Crippen LogP contribution in [0.1, 0.15) is 0 Å². The van der Waals surface area contributed by atoms with E-state index in [1.807, 2.05) is 24.3 Å². The Morgan fingerprint density at radius 3 is 2.00 bits per heavy atom. The van der Waals surface area contributed by atoms with Gasteiger partial charge in [-0.3, -0.25) is 4.74 Å². The van der Waals surface area contributed by atoms with Gasteiger partial charge in [0.25, 0.3) is 11.6 Å². The lowest BCUT2D eigenvalue weighted by molar-refractivity contribution is -0.102. The zero-order chi connectivity index (χ0) is 7.36. The third-order valence-electron chi connectivity index (χ3n) is 2.21. The van der Waals surface area contributed by atoms with Gasteiger partial charge in [-0.05, 0) is 12.2 Å². The lowest BCUT2D eigenvalue weighted by Crippen LogP contribution is -2.36. The van der Waals surface area contributed by atoms with E-state index < -0.39 is 11.6 Å². The second kappa shape index (κ2) is 1.58. The zero-order valence-electron chi connectivity index (χ0n) is 5.95. The van der Waals surface area contributed by atoms with Crippen LogP contribution in [0.4, 0.5) is 0 Å². The van der Waals surface area contributed by atoms with Crippen LogP contribution in [0.25, 0.3) is 0 Å². The Morgan fingerprint density at radius 1 is 0.909 bits per heavy atom. The molecule has 0 bridgehead atoms. The maximum absolute atomic E-state index is 5.45. The van der Waals surface area contributed by atoms with Crippen molar-refractivity contribution in [1.82, 2.24) is 0 Å². The quantitative estimate of drug-likeness (QED) is 0.476. The minimum atomic E-state index is -0.569. The van der Waals surface area contributed by atoms with Crippen LogP contribution >= 0.6 is 0 Å². The van der Waals surface area contributed by atoms with Crippen molar-refractivity contribution < 1.29 is 14.2 Å². The summed E-state index contributed by atoms with van der Waals surface area (Å²) in [5.74, 6) is -1.14. The molecule has 58 valence electrons. The second-order valence-electron chi connectivity index (χ2n) is 2.85. The molecule has 0 N–H and O–H groups in total. The fourth-order valence-electron chi connectivity index (χ4n) is 1.61. The maximum Gasteiger partial charge on any atom is 0.251 e. The van der Waals surface area contributed by atoms with E-state index in [1.165, 1.54) is 0 Å². The SMILES string of the molecule is C1=CC23OCCOC2(C=C1)O3. The maximum atomic E-state index is 5.45. The minimum absolute atomic E-state index is 0.569. The number of epoxide rings is 1. The Bertz CT molecular complexity index is 232. The van der Waals surface area contributed by atoms with Crippen molar-refractivity contribution >= 4 is 0 Å². The van der Waals surface area contributed by atoms with Crippen molar-refractivity contribution in [3.63, 3.8) is 0 Å². The zero-order valence-corrected chi connectivity index (χ0v) is 5.95. The van der Waals surface area contributed by atoms with Gasteiger partial charge in [0.1, 0.15) is 0 Å². The standard InChI is InChI=1S/C8H8O3/c1-2-4-8-7(3-1,11-8)9-5-6-10-8/h1-4H,5-6H2. The predicted octanol–water partition coefficient (Wildman–Crippen LogP) is 0.582. The first-order valence-electron chi connectivity index (χ1n) is 3.72. The van der Waals surface area contributed by atoms with Crippen molar-refractivity contribution in [3.8, 4) is 0 Å². The third kappa shape index (κ3) is 0.550. The Kier molecular flexibility index (Phi) is 0.852. The van der Waals surface area contributed by atoms with Gasteiger partial charge in [0, 0.05) is 0 Å². The fourth-order valence-corrected chi connectivity index (χ4v) is 1.61. The normalized spacial score (nSPS) is 51.6. The van der Waals surface area contributed by atoms with Crippen molar-refractivity contribution in [2.24, 2.45) is 0 Å². The highest BCUT2D eigenvalue weighted by Gasteiger charge is 2.73. The van der Waals surface area contributed by atoms with E-state index in [4.69, 9.17) is 14.2 Å². The molecule has 0 aromatic carbocycles. The predicted molar refractivity (Wildman–Crippen MR) is 36.7 cm³/mol. The molecule has 2 saturated heterocycles. The van der Waals surface area contributed by atoms with E-state index >= 15 is 0 Å². The van der Waals surface area contributed by atoms with Gasteiger partial charge < -0.3 is 9.47 Å². The number of rotatable bonds is 0. The fraction of sp³-hybridized carbons (Fsp3) is 0.500. The van der Waals surface area contributed by atoms with Gasteiger partial charge in [-0.15, -0.1) is 0 Å². The molecule has 3 aliphatic rings. The topological polar surface area (TPSA) is 31.0 Å². The van der Waals surface area contributed by atoms with Crippen LogP contribution in [-0.4, -0.2) is 24.8 Å². The van der Waals surface area contributed by atoms with Gasteiger partial charge in [-0.2, -0.15) is 0 Å². The van der Waals surface area contributed by atoms with Crippen LogP contribution in [0.5, 0.6) is 0 Å². The molecule has 3 nitrogen and oxygen atoms in total. The Balaban J connectivity index is 2.03. The summed E-state index contributed by atoms with van der Waals surface area (Å²) in [5, 5.41) is 0. The summed E-state index contributed by atoms with van der Waals surface area (Å²) in [7, 11) is 0. The van der Waals surface area contributed by atoms with Gasteiger partial charge in [-0.25, -0.2) is 0 Å². The Labute approximate surface area is 64.2 Å². The van der Waals surface area contributed by atoms with Gasteiger partial charge >= 0.3 is 0 Å². The number of allylic oxidation sites excluding steroid dienone is 2. The smallest absolute Gasteiger partial charge is 0.251 e. The van der Waals surface area contributed by atoms with Gasteiger partial charge in [-0.1, -0.05) is 12.2 Å². The van der Waals surface area contributed by atoms with Crippen molar-refractivity contribution in [2.75, 3.05) is 13.2 Å². The first-order chi connectivity index (χ1) is 5.37. The third-order valence-corrected chi connectivity index (χ3v) is 2.21. The first kappa shape index (κ1) is 5.94. The molecule has 0 saturated carbocycles. The monoisotopic (exact) mass is 152 g/mol. The molecule has 11 heavy (non-hydrogen) atoms. The minimum Gasteiger partial charge on any atom is -0.339 e. The molecule has 0 spiro atoms. The highest BCUT2D eigenvalue weighted by Crippen LogP contribution is 2.55. The summed E-state index contributed by atoms with van der Waals surface area (Å²) in [4.78, 5) is 0. The lowest BCUT2D eigenvalue weighted by Gasteiger charge is -2.22. The van der Waals surface area contributed by atoms with Crippen LogP contribution in [0.15, 0.2) is 24.3 Å². The van der Waals surface area contributed by atoms with Crippen LogP contribution in [-0.2, 0) is 14.2 Å². The van der Waals surface area contributed by atoms with Crippen molar-refractivity contribution in [2.45, 2.75) is 11.6 Å². The van der Waals surface area contributed by atoms with Gasteiger partial charge in [0.15, 0.2) is 0 Å². The molecular weight excluding hydrogens is 144 g/mol. The molecule has 2 fully saturated rings. The van der Waals surface area contributed by atoms with Crippen LogP contribution < -0.4 is 0 Å². The van der Waals surface area contributed by atoms with Crippen molar-refractivity contribution in [3.05, 3.63) is 24.3 Å². The molecule has 3 rings (SSSR count). The van der Waals surface area contributed by atoms with Crippen LogP contribution in [0.2, 0.25) is 0 Å². The number of hydrogen-bond acceptors (Lipinski definition) is 3. The summed E-state index contributed by atoms with van der Waals surface area (Å²) >= 11 is 0. The second-order valence-corrected chi connectivity index (χ2v) is 2.85. The van der Waals surface area contributed by atoms with Crippen molar-refractivity contribution in [1.29, 1.82) is 0 Å². The summed E-state index contributed by atoms with van der Waals surface area (Å²) in [6.45, 7) is 1.22. The Morgan fingerprint density at radius 2 is 1.45 bits per heavy atom. The number of hydrogen-bond donors (Lipinski definition) is 0. The average Bonchev–Trinajstić information content (AvgIpc) is 2.72. The summed E-state index contributed by atoms with van der Waals surface area (Å²) in [6, 6.07) is 0. The van der Waals surface area contributed by atoms with Gasteiger partial charge in [0.2, 0.25) is 0 Å². The average molecular weight is 152 g/mol. The molecular formula is C8H8O3. The molecule has 0 amide bonds. The molecule has 2 atom stereocenters. The van der Waals surface area contributed by atoms with E-state index in [-0.39, 0.29) is 0 Å². The molecule has 1 aliphatic carbocycles. The van der Waals surface area contributed by atoms with Gasteiger partial charge in [0.05, 0.1) is 13.2 Å². The highest BCUT2D eigenvalue weighted by molar-refractivity contribution is 5.33. The Hall–Kier alpha value is -0.640. The lowest BCUT2D eigenvalue weighted by atomic mass is 10.1. The molecule has 2 heterocycles. The van der Waals surface area contributed by atoms with Crippen LogP contribution in [0, 0.1) is 0 Å². The summed E-state index contributed by atoms with van der Waals surface area (Å²) in [5.41, 5.74) is 0. The van der Waals surface area contributed by atoms with E-state index in [0.717, 1.165) is 0 Å². The molecule has 0 aromatic heterocycles. The van der Waals surface area contributed by atoms with E-state index in [2.05, 4.69) is 0 Å².